The Labute approximate surface area is 120 Å². The highest BCUT2D eigenvalue weighted by atomic mass is 16.4. The lowest BCUT2D eigenvalue weighted by atomic mass is 9.99. The minimum absolute atomic E-state index is 0.149. The molecule has 1 rings (SSSR count). The molecule has 0 amide bonds. The molecule has 20 heavy (non-hydrogen) atoms. The monoisotopic (exact) mass is 277 g/mol. The number of carbonyl (C=O) groups is 2. The van der Waals surface area contributed by atoms with E-state index in [4.69, 9.17) is 5.11 Å². The van der Waals surface area contributed by atoms with Crippen molar-refractivity contribution in [3.05, 3.63) is 35.4 Å². The van der Waals surface area contributed by atoms with E-state index in [1.54, 1.807) is 12.1 Å². The summed E-state index contributed by atoms with van der Waals surface area (Å²) in [5.74, 6) is -1.11. The van der Waals surface area contributed by atoms with E-state index in [1.807, 2.05) is 19.1 Å². The van der Waals surface area contributed by atoms with Gasteiger partial charge in [-0.1, -0.05) is 44.5 Å². The van der Waals surface area contributed by atoms with E-state index >= 15 is 0 Å². The molecule has 0 aromatic heterocycles. The first-order valence-electron chi connectivity index (χ1n) is 7.16. The van der Waals surface area contributed by atoms with Crippen molar-refractivity contribution in [1.82, 2.24) is 5.32 Å². The summed E-state index contributed by atoms with van der Waals surface area (Å²) in [6.07, 6.45) is 2.72. The second-order valence-corrected chi connectivity index (χ2v) is 4.92. The van der Waals surface area contributed by atoms with Crippen molar-refractivity contribution < 1.29 is 14.7 Å². The quantitative estimate of drug-likeness (QED) is 0.681. The Morgan fingerprint density at radius 3 is 2.30 bits per heavy atom. The SMILES string of the molecule is CCCNC(CC(=O)O)C(=O)c1ccc(CCC)cc1. The number of hydrogen-bond donors (Lipinski definition) is 2. The third-order valence-corrected chi connectivity index (χ3v) is 3.11. The minimum Gasteiger partial charge on any atom is -0.481 e. The van der Waals surface area contributed by atoms with Crippen LogP contribution in [0.2, 0.25) is 0 Å². The average Bonchev–Trinajstić information content (AvgIpc) is 2.43. The number of Topliss-reactive ketones (excluding diaryl/α,β-unsaturated/α-hetero) is 1. The molecule has 0 aliphatic heterocycles. The van der Waals surface area contributed by atoms with E-state index in [0.29, 0.717) is 12.1 Å². The average molecular weight is 277 g/mol. The van der Waals surface area contributed by atoms with Gasteiger partial charge in [0, 0.05) is 5.56 Å². The van der Waals surface area contributed by atoms with Gasteiger partial charge in [0.25, 0.3) is 0 Å². The van der Waals surface area contributed by atoms with Crippen LogP contribution in [-0.2, 0) is 11.2 Å². The molecule has 0 heterocycles. The van der Waals surface area contributed by atoms with Crippen molar-refractivity contribution in [2.75, 3.05) is 6.54 Å². The first-order chi connectivity index (χ1) is 9.58. The predicted octanol–water partition coefficient (Wildman–Crippen LogP) is 2.66. The molecule has 4 nitrogen and oxygen atoms in total. The van der Waals surface area contributed by atoms with Crippen LogP contribution in [0.4, 0.5) is 0 Å². The molecule has 110 valence electrons. The normalized spacial score (nSPS) is 12.1. The molecular weight excluding hydrogens is 254 g/mol. The molecule has 4 heteroatoms. The van der Waals surface area contributed by atoms with Crippen LogP contribution in [0.25, 0.3) is 0 Å². The number of aliphatic carboxylic acids is 1. The van der Waals surface area contributed by atoms with Gasteiger partial charge < -0.3 is 10.4 Å². The van der Waals surface area contributed by atoms with Gasteiger partial charge >= 0.3 is 5.97 Å². The second kappa shape index (κ2) is 8.48. The van der Waals surface area contributed by atoms with Crippen LogP contribution in [0, 0.1) is 0 Å². The van der Waals surface area contributed by atoms with Gasteiger partial charge in [0.15, 0.2) is 5.78 Å². The van der Waals surface area contributed by atoms with Gasteiger partial charge in [-0.05, 0) is 24.9 Å². The van der Waals surface area contributed by atoms with E-state index in [9.17, 15) is 9.59 Å². The molecular formula is C16H23NO3. The number of rotatable bonds is 9. The molecule has 0 saturated carbocycles. The second-order valence-electron chi connectivity index (χ2n) is 4.92. The topological polar surface area (TPSA) is 66.4 Å². The van der Waals surface area contributed by atoms with E-state index in [0.717, 1.165) is 19.3 Å². The zero-order valence-electron chi connectivity index (χ0n) is 12.2. The molecule has 1 aromatic carbocycles. The molecule has 1 atom stereocenters. The van der Waals surface area contributed by atoms with Gasteiger partial charge in [-0.2, -0.15) is 0 Å². The zero-order valence-corrected chi connectivity index (χ0v) is 12.2. The van der Waals surface area contributed by atoms with E-state index in [2.05, 4.69) is 12.2 Å². The Bertz CT molecular complexity index is 440. The predicted molar refractivity (Wildman–Crippen MR) is 79.1 cm³/mol. The Balaban J connectivity index is 2.78. The Morgan fingerprint density at radius 1 is 1.15 bits per heavy atom. The van der Waals surface area contributed by atoms with Gasteiger partial charge in [-0.15, -0.1) is 0 Å². The van der Waals surface area contributed by atoms with Gasteiger partial charge in [0.05, 0.1) is 12.5 Å². The molecule has 0 radical (unpaired) electrons. The van der Waals surface area contributed by atoms with Crippen LogP contribution in [0.1, 0.15) is 49.0 Å². The minimum atomic E-state index is -0.963. The molecule has 0 fully saturated rings. The van der Waals surface area contributed by atoms with Crippen LogP contribution >= 0.6 is 0 Å². The van der Waals surface area contributed by atoms with Gasteiger partial charge in [0.1, 0.15) is 0 Å². The van der Waals surface area contributed by atoms with E-state index in [-0.39, 0.29) is 12.2 Å². The summed E-state index contributed by atoms with van der Waals surface area (Å²) < 4.78 is 0. The maximum absolute atomic E-state index is 12.3. The summed E-state index contributed by atoms with van der Waals surface area (Å²) in [7, 11) is 0. The lowest BCUT2D eigenvalue weighted by molar-refractivity contribution is -0.137. The van der Waals surface area contributed by atoms with E-state index in [1.165, 1.54) is 5.56 Å². The third-order valence-electron chi connectivity index (χ3n) is 3.11. The van der Waals surface area contributed by atoms with Crippen molar-refractivity contribution in [3.8, 4) is 0 Å². The molecule has 2 N–H and O–H groups in total. The number of carboxylic acid groups (broad SMARTS) is 1. The molecule has 0 saturated heterocycles. The van der Waals surface area contributed by atoms with Crippen molar-refractivity contribution >= 4 is 11.8 Å². The highest BCUT2D eigenvalue weighted by Crippen LogP contribution is 2.10. The first kappa shape index (κ1) is 16.4. The highest BCUT2D eigenvalue weighted by Gasteiger charge is 2.22. The summed E-state index contributed by atoms with van der Waals surface area (Å²) in [6.45, 7) is 4.73. The highest BCUT2D eigenvalue weighted by molar-refractivity contribution is 6.01. The summed E-state index contributed by atoms with van der Waals surface area (Å²) in [4.78, 5) is 23.2. The molecule has 1 aromatic rings. The fraction of sp³-hybridized carbons (Fsp3) is 0.500. The van der Waals surface area contributed by atoms with Gasteiger partial charge in [0.2, 0.25) is 0 Å². The van der Waals surface area contributed by atoms with Crippen LogP contribution in [0.15, 0.2) is 24.3 Å². The lowest BCUT2D eigenvalue weighted by Gasteiger charge is -2.15. The third kappa shape index (κ3) is 5.13. The van der Waals surface area contributed by atoms with Crippen LogP contribution in [0.3, 0.4) is 0 Å². The molecule has 0 aliphatic carbocycles. The number of carboxylic acids is 1. The maximum atomic E-state index is 12.3. The number of carbonyl (C=O) groups excluding carboxylic acids is 1. The lowest BCUT2D eigenvalue weighted by Crippen LogP contribution is -2.39. The first-order valence-corrected chi connectivity index (χ1v) is 7.16. The van der Waals surface area contributed by atoms with Gasteiger partial charge in [-0.3, -0.25) is 9.59 Å². The number of aryl methyl sites for hydroxylation is 1. The van der Waals surface area contributed by atoms with Crippen molar-refractivity contribution in [2.45, 2.75) is 45.6 Å². The van der Waals surface area contributed by atoms with E-state index < -0.39 is 12.0 Å². The standard InChI is InChI=1S/C16H23NO3/c1-3-5-12-6-8-13(9-7-12)16(20)14(11-15(18)19)17-10-4-2/h6-9,14,17H,3-5,10-11H2,1-2H3,(H,18,19). The number of ketones is 1. The summed E-state index contributed by atoms with van der Waals surface area (Å²) in [6, 6.07) is 6.80. The van der Waals surface area contributed by atoms with Crippen molar-refractivity contribution in [3.63, 3.8) is 0 Å². The van der Waals surface area contributed by atoms with Crippen LogP contribution < -0.4 is 5.32 Å². The summed E-state index contributed by atoms with van der Waals surface area (Å²) in [5.41, 5.74) is 1.76. The molecule has 0 aliphatic rings. The Kier molecular flexibility index (Phi) is 6.94. The Hall–Kier alpha value is -1.68. The zero-order chi connectivity index (χ0) is 15.0. The molecule has 1 unspecified atom stereocenters. The van der Waals surface area contributed by atoms with Crippen LogP contribution in [0.5, 0.6) is 0 Å². The summed E-state index contributed by atoms with van der Waals surface area (Å²) >= 11 is 0. The summed E-state index contributed by atoms with van der Waals surface area (Å²) in [5, 5.41) is 11.9. The fourth-order valence-electron chi connectivity index (χ4n) is 2.08. The smallest absolute Gasteiger partial charge is 0.305 e. The number of benzene rings is 1. The fourth-order valence-corrected chi connectivity index (χ4v) is 2.08. The Morgan fingerprint density at radius 2 is 1.80 bits per heavy atom. The van der Waals surface area contributed by atoms with Crippen molar-refractivity contribution in [2.24, 2.45) is 0 Å². The number of nitrogens with one attached hydrogen (secondary N) is 1. The van der Waals surface area contributed by atoms with Crippen molar-refractivity contribution in [1.29, 1.82) is 0 Å². The van der Waals surface area contributed by atoms with Crippen LogP contribution in [-0.4, -0.2) is 29.4 Å². The number of hydrogen-bond acceptors (Lipinski definition) is 3. The molecule has 0 spiro atoms. The maximum Gasteiger partial charge on any atom is 0.305 e. The largest absolute Gasteiger partial charge is 0.481 e. The van der Waals surface area contributed by atoms with Gasteiger partial charge in [-0.25, -0.2) is 0 Å². The molecule has 0 bridgehead atoms.